The molecule has 0 radical (unpaired) electrons. The van der Waals surface area contributed by atoms with Crippen molar-refractivity contribution in [3.05, 3.63) is 0 Å². The van der Waals surface area contributed by atoms with Crippen LogP contribution in [0.4, 0.5) is 4.79 Å². The van der Waals surface area contributed by atoms with E-state index in [9.17, 15) is 4.79 Å². The van der Waals surface area contributed by atoms with Gasteiger partial charge in [-0.3, -0.25) is 0 Å². The van der Waals surface area contributed by atoms with Gasteiger partial charge in [0.15, 0.2) is 0 Å². The van der Waals surface area contributed by atoms with Crippen molar-refractivity contribution >= 4 is 6.09 Å². The van der Waals surface area contributed by atoms with Gasteiger partial charge in [-0.2, -0.15) is 0 Å². The highest BCUT2D eigenvalue weighted by Gasteiger charge is 2.89. The summed E-state index contributed by atoms with van der Waals surface area (Å²) in [4.78, 5) is 11.6. The number of amides is 1. The Bertz CT molecular complexity index is 349. The first kappa shape index (κ1) is 9.46. The van der Waals surface area contributed by atoms with E-state index in [4.69, 9.17) is 10.5 Å². The fourth-order valence-corrected chi connectivity index (χ4v) is 3.65. The molecule has 84 valence electrons. The van der Waals surface area contributed by atoms with Crippen molar-refractivity contribution < 1.29 is 9.53 Å². The van der Waals surface area contributed by atoms with Crippen LogP contribution in [-0.4, -0.2) is 22.8 Å². The van der Waals surface area contributed by atoms with Gasteiger partial charge in [0.05, 0.1) is 5.54 Å². The minimum absolute atomic E-state index is 0.0249. The molecule has 3 fully saturated rings. The first-order valence-corrected chi connectivity index (χ1v) is 5.57. The van der Waals surface area contributed by atoms with Crippen molar-refractivity contribution in [1.82, 2.24) is 5.32 Å². The zero-order valence-electron chi connectivity index (χ0n) is 9.46. The van der Waals surface area contributed by atoms with E-state index in [1.165, 1.54) is 0 Å². The highest BCUT2D eigenvalue weighted by molar-refractivity contribution is 5.72. The Morgan fingerprint density at radius 2 is 2.20 bits per heavy atom. The van der Waals surface area contributed by atoms with Crippen molar-refractivity contribution in [3.8, 4) is 0 Å². The van der Waals surface area contributed by atoms with Gasteiger partial charge in [-0.15, -0.1) is 0 Å². The normalized spacial score (nSPS) is 49.6. The van der Waals surface area contributed by atoms with E-state index in [1.807, 2.05) is 20.8 Å². The van der Waals surface area contributed by atoms with Gasteiger partial charge >= 0.3 is 6.09 Å². The average Bonchev–Trinajstić information content (AvgIpc) is 2.20. The number of hydrogen-bond donors (Lipinski definition) is 2. The number of carbonyl (C=O) groups is 1. The lowest BCUT2D eigenvalue weighted by Crippen LogP contribution is -2.61. The third-order valence-electron chi connectivity index (χ3n) is 4.08. The number of ether oxygens (including phenoxy) is 1. The van der Waals surface area contributed by atoms with Gasteiger partial charge < -0.3 is 15.8 Å². The summed E-state index contributed by atoms with van der Waals surface area (Å²) in [7, 11) is 0. The molecule has 3 N–H and O–H groups in total. The largest absolute Gasteiger partial charge is 0.444 e. The van der Waals surface area contributed by atoms with Crippen molar-refractivity contribution in [2.75, 3.05) is 0 Å². The van der Waals surface area contributed by atoms with Gasteiger partial charge in [-0.1, -0.05) is 0 Å². The zero-order chi connectivity index (χ0) is 11.1. The molecule has 3 saturated carbocycles. The number of alkyl carbamates (subject to hydrolysis) is 1. The van der Waals surface area contributed by atoms with Crippen LogP contribution in [0.25, 0.3) is 0 Å². The maximum absolute atomic E-state index is 11.6. The summed E-state index contributed by atoms with van der Waals surface area (Å²) < 4.78 is 5.24. The molecule has 0 spiro atoms. The van der Waals surface area contributed by atoms with Crippen LogP contribution in [0.2, 0.25) is 0 Å². The van der Waals surface area contributed by atoms with E-state index < -0.39 is 5.60 Å². The summed E-state index contributed by atoms with van der Waals surface area (Å²) in [5, 5.41) is 3.00. The lowest BCUT2D eigenvalue weighted by Gasteiger charge is -2.44. The lowest BCUT2D eigenvalue weighted by atomic mass is 9.69. The molecule has 0 aromatic heterocycles. The van der Waals surface area contributed by atoms with Gasteiger partial charge in [-0.25, -0.2) is 4.79 Å². The Morgan fingerprint density at radius 3 is 2.53 bits per heavy atom. The van der Waals surface area contributed by atoms with Crippen LogP contribution in [0.5, 0.6) is 0 Å². The van der Waals surface area contributed by atoms with Crippen molar-refractivity contribution in [2.45, 2.75) is 50.3 Å². The molecule has 3 unspecified atom stereocenters. The van der Waals surface area contributed by atoms with Crippen molar-refractivity contribution in [1.29, 1.82) is 0 Å². The van der Waals surface area contributed by atoms with Crippen LogP contribution in [0.15, 0.2) is 0 Å². The molecule has 3 aliphatic carbocycles. The smallest absolute Gasteiger partial charge is 0.408 e. The molecule has 0 aliphatic heterocycles. The molecule has 0 aromatic rings. The Labute approximate surface area is 89.5 Å². The number of nitrogens with two attached hydrogens (primary N) is 1. The summed E-state index contributed by atoms with van der Waals surface area (Å²) in [6.07, 6.45) is 1.72. The molecule has 4 heteroatoms. The predicted octanol–water partition coefficient (Wildman–Crippen LogP) is 1.00. The van der Waals surface area contributed by atoms with Crippen LogP contribution >= 0.6 is 0 Å². The van der Waals surface area contributed by atoms with Gasteiger partial charge in [0.25, 0.3) is 0 Å². The summed E-state index contributed by atoms with van der Waals surface area (Å²) in [6.45, 7) is 5.62. The van der Waals surface area contributed by atoms with E-state index in [2.05, 4.69) is 5.32 Å². The number of carbonyl (C=O) groups excluding carboxylic acids is 1. The lowest BCUT2D eigenvalue weighted by molar-refractivity contribution is 0.0435. The molecule has 15 heavy (non-hydrogen) atoms. The van der Waals surface area contributed by atoms with E-state index in [0.717, 1.165) is 12.8 Å². The Morgan fingerprint density at radius 1 is 1.53 bits per heavy atom. The molecule has 3 rings (SSSR count). The average molecular weight is 210 g/mol. The number of rotatable bonds is 1. The molecule has 3 aliphatic rings. The standard InChI is InChI=1S/C11H18N2O2/c1-9(2,3)15-8(14)13-11-5-10(12)4-6(11)7(10)11/h6-7H,4-5,12H2,1-3H3,(H,13,14)/t6?,7?,10?,11-/m1/s1. The first-order valence-electron chi connectivity index (χ1n) is 5.57. The Kier molecular flexibility index (Phi) is 1.37. The Hall–Kier alpha value is -0.770. The number of nitrogens with one attached hydrogen (secondary N) is 1. The summed E-state index contributed by atoms with van der Waals surface area (Å²) in [5.41, 5.74) is 5.73. The third-order valence-corrected chi connectivity index (χ3v) is 4.08. The third kappa shape index (κ3) is 1.03. The Balaban J connectivity index is 1.58. The fraction of sp³-hybridized carbons (Fsp3) is 0.909. The first-order chi connectivity index (χ1) is 6.77. The maximum Gasteiger partial charge on any atom is 0.408 e. The predicted molar refractivity (Wildman–Crippen MR) is 55.2 cm³/mol. The van der Waals surface area contributed by atoms with Crippen molar-refractivity contribution in [2.24, 2.45) is 17.6 Å². The van der Waals surface area contributed by atoms with Crippen LogP contribution in [0.1, 0.15) is 33.6 Å². The molecule has 4 nitrogen and oxygen atoms in total. The van der Waals surface area contributed by atoms with Crippen LogP contribution < -0.4 is 11.1 Å². The van der Waals surface area contributed by atoms with Gasteiger partial charge in [0, 0.05) is 11.5 Å². The minimum atomic E-state index is -0.418. The second kappa shape index (κ2) is 2.17. The van der Waals surface area contributed by atoms with Gasteiger partial charge in [0.2, 0.25) is 0 Å². The maximum atomic E-state index is 11.6. The van der Waals surface area contributed by atoms with Crippen LogP contribution in [-0.2, 0) is 4.74 Å². The zero-order valence-corrected chi connectivity index (χ0v) is 9.46. The molecule has 0 aromatic carbocycles. The number of hydrogen-bond acceptors (Lipinski definition) is 3. The SMILES string of the molecule is CC(C)(C)OC(=O)N[C@]12CC3(N)CC1C32. The molecule has 0 saturated heterocycles. The van der Waals surface area contributed by atoms with E-state index in [0.29, 0.717) is 11.8 Å². The fourth-order valence-electron chi connectivity index (χ4n) is 3.65. The van der Waals surface area contributed by atoms with Crippen LogP contribution in [0.3, 0.4) is 0 Å². The van der Waals surface area contributed by atoms with Gasteiger partial charge in [0.1, 0.15) is 5.60 Å². The highest BCUT2D eigenvalue weighted by Crippen LogP contribution is 2.81. The molecule has 0 bridgehead atoms. The second-order valence-electron chi connectivity index (χ2n) is 6.37. The van der Waals surface area contributed by atoms with E-state index in [-0.39, 0.29) is 17.2 Å². The van der Waals surface area contributed by atoms with E-state index in [1.54, 1.807) is 0 Å². The van der Waals surface area contributed by atoms with E-state index >= 15 is 0 Å². The second-order valence-corrected chi connectivity index (χ2v) is 6.37. The summed E-state index contributed by atoms with van der Waals surface area (Å²) >= 11 is 0. The quantitative estimate of drug-likeness (QED) is 0.678. The van der Waals surface area contributed by atoms with Crippen LogP contribution in [0, 0.1) is 11.8 Å². The minimum Gasteiger partial charge on any atom is -0.444 e. The molecular formula is C11H18N2O2. The molecular weight excluding hydrogens is 192 g/mol. The number of fused-ring (bicyclic) bond motifs is 1. The summed E-state index contributed by atoms with van der Waals surface area (Å²) in [5.74, 6) is 1.17. The topological polar surface area (TPSA) is 64.3 Å². The van der Waals surface area contributed by atoms with Crippen molar-refractivity contribution in [3.63, 3.8) is 0 Å². The highest BCUT2D eigenvalue weighted by atomic mass is 16.6. The molecule has 0 heterocycles. The monoisotopic (exact) mass is 210 g/mol. The van der Waals surface area contributed by atoms with Gasteiger partial charge in [-0.05, 0) is 39.5 Å². The molecule has 1 amide bonds. The molecule has 4 atom stereocenters. The summed E-state index contributed by atoms with van der Waals surface area (Å²) in [6, 6.07) is 0.